The minimum atomic E-state index is -0.301. The quantitative estimate of drug-likeness (QED) is 0.727. The van der Waals surface area contributed by atoms with E-state index < -0.39 is 0 Å². The molecule has 2 aromatic carbocycles. The second-order valence-electron chi connectivity index (χ2n) is 6.39. The standard InChI is InChI=1S/C22H24O4/c1-4-25-22(23)20-14-19(13-16-7-5-15(2)6-8-16)26-21(20)17-9-11-18(24-3)12-10-17/h5-12,19H,4,13-14H2,1-3H3. The Balaban J connectivity index is 1.82. The van der Waals surface area contributed by atoms with Crippen molar-refractivity contribution < 1.29 is 19.0 Å². The second kappa shape index (κ2) is 8.09. The van der Waals surface area contributed by atoms with Gasteiger partial charge >= 0.3 is 5.97 Å². The van der Waals surface area contributed by atoms with Crippen LogP contribution < -0.4 is 4.74 Å². The van der Waals surface area contributed by atoms with Gasteiger partial charge in [0.1, 0.15) is 17.6 Å². The molecule has 136 valence electrons. The van der Waals surface area contributed by atoms with E-state index >= 15 is 0 Å². The molecule has 4 nitrogen and oxygen atoms in total. The fourth-order valence-corrected chi connectivity index (χ4v) is 3.08. The molecule has 0 aromatic heterocycles. The van der Waals surface area contributed by atoms with Gasteiger partial charge in [-0.15, -0.1) is 0 Å². The molecule has 0 saturated heterocycles. The maximum atomic E-state index is 12.4. The molecule has 0 radical (unpaired) electrons. The number of carbonyl (C=O) groups is 1. The van der Waals surface area contributed by atoms with Gasteiger partial charge in [-0.05, 0) is 43.7 Å². The molecule has 1 unspecified atom stereocenters. The summed E-state index contributed by atoms with van der Waals surface area (Å²) in [6, 6.07) is 15.9. The zero-order chi connectivity index (χ0) is 18.5. The van der Waals surface area contributed by atoms with Crippen LogP contribution in [-0.4, -0.2) is 25.8 Å². The van der Waals surface area contributed by atoms with Crippen LogP contribution in [0.3, 0.4) is 0 Å². The number of carbonyl (C=O) groups excluding carboxylic acids is 1. The zero-order valence-electron chi connectivity index (χ0n) is 15.5. The molecular weight excluding hydrogens is 328 g/mol. The molecule has 0 aliphatic carbocycles. The molecule has 0 saturated carbocycles. The summed E-state index contributed by atoms with van der Waals surface area (Å²) in [4.78, 5) is 12.4. The highest BCUT2D eigenvalue weighted by atomic mass is 16.5. The van der Waals surface area contributed by atoms with Gasteiger partial charge in [-0.2, -0.15) is 0 Å². The Bertz CT molecular complexity index is 788. The van der Waals surface area contributed by atoms with Crippen LogP contribution in [0.4, 0.5) is 0 Å². The number of aryl methyl sites for hydroxylation is 1. The van der Waals surface area contributed by atoms with Crippen LogP contribution in [0.25, 0.3) is 5.76 Å². The first-order valence-corrected chi connectivity index (χ1v) is 8.87. The fraction of sp³-hybridized carbons (Fsp3) is 0.318. The molecule has 1 atom stereocenters. The fourth-order valence-electron chi connectivity index (χ4n) is 3.08. The van der Waals surface area contributed by atoms with E-state index in [4.69, 9.17) is 14.2 Å². The van der Waals surface area contributed by atoms with E-state index in [1.807, 2.05) is 31.2 Å². The predicted molar refractivity (Wildman–Crippen MR) is 101 cm³/mol. The summed E-state index contributed by atoms with van der Waals surface area (Å²) in [7, 11) is 1.63. The van der Waals surface area contributed by atoms with Crippen molar-refractivity contribution in [2.45, 2.75) is 32.8 Å². The van der Waals surface area contributed by atoms with E-state index in [9.17, 15) is 4.79 Å². The van der Waals surface area contributed by atoms with Crippen molar-refractivity contribution >= 4 is 11.7 Å². The van der Waals surface area contributed by atoms with Crippen molar-refractivity contribution in [1.82, 2.24) is 0 Å². The summed E-state index contributed by atoms with van der Waals surface area (Å²) in [6.45, 7) is 4.23. The number of rotatable bonds is 6. The van der Waals surface area contributed by atoms with Gasteiger partial charge in [0.25, 0.3) is 0 Å². The van der Waals surface area contributed by atoms with Crippen molar-refractivity contribution in [3.05, 3.63) is 70.8 Å². The second-order valence-corrected chi connectivity index (χ2v) is 6.39. The summed E-state index contributed by atoms with van der Waals surface area (Å²) in [5.74, 6) is 1.08. The average Bonchev–Trinajstić information content (AvgIpc) is 3.08. The molecule has 2 aromatic rings. The Kier molecular flexibility index (Phi) is 5.61. The van der Waals surface area contributed by atoms with Crippen LogP contribution >= 0.6 is 0 Å². The number of hydrogen-bond donors (Lipinski definition) is 0. The van der Waals surface area contributed by atoms with E-state index in [1.54, 1.807) is 7.11 Å². The summed E-state index contributed by atoms with van der Waals surface area (Å²) in [5, 5.41) is 0. The van der Waals surface area contributed by atoms with E-state index in [2.05, 4.69) is 31.2 Å². The topological polar surface area (TPSA) is 44.8 Å². The van der Waals surface area contributed by atoms with Crippen LogP contribution in [0.2, 0.25) is 0 Å². The van der Waals surface area contributed by atoms with Crippen LogP contribution in [-0.2, 0) is 20.7 Å². The number of ether oxygens (including phenoxy) is 3. The van der Waals surface area contributed by atoms with Crippen molar-refractivity contribution in [3.8, 4) is 5.75 Å². The van der Waals surface area contributed by atoms with E-state index in [1.165, 1.54) is 11.1 Å². The van der Waals surface area contributed by atoms with E-state index in [0.29, 0.717) is 24.4 Å². The minimum Gasteiger partial charge on any atom is -0.497 e. The molecule has 0 amide bonds. The lowest BCUT2D eigenvalue weighted by molar-refractivity contribution is -0.138. The van der Waals surface area contributed by atoms with E-state index in [0.717, 1.165) is 17.7 Å². The number of hydrogen-bond acceptors (Lipinski definition) is 4. The smallest absolute Gasteiger partial charge is 0.337 e. The monoisotopic (exact) mass is 352 g/mol. The van der Waals surface area contributed by atoms with Gasteiger partial charge in [-0.1, -0.05) is 29.8 Å². The van der Waals surface area contributed by atoms with Gasteiger partial charge in [-0.25, -0.2) is 4.79 Å². The maximum Gasteiger partial charge on any atom is 0.337 e. The normalized spacial score (nSPS) is 16.3. The molecule has 1 aliphatic heterocycles. The third-order valence-corrected chi connectivity index (χ3v) is 4.45. The molecule has 0 spiro atoms. The van der Waals surface area contributed by atoms with Crippen molar-refractivity contribution in [2.24, 2.45) is 0 Å². The van der Waals surface area contributed by atoms with Gasteiger partial charge in [0.05, 0.1) is 19.3 Å². The molecule has 0 bridgehead atoms. The van der Waals surface area contributed by atoms with Crippen molar-refractivity contribution in [2.75, 3.05) is 13.7 Å². The summed E-state index contributed by atoms with van der Waals surface area (Å²) in [5.41, 5.74) is 3.89. The Hall–Kier alpha value is -2.75. The third kappa shape index (κ3) is 4.07. The van der Waals surface area contributed by atoms with Gasteiger partial charge < -0.3 is 14.2 Å². The first kappa shape index (κ1) is 18.1. The summed E-state index contributed by atoms with van der Waals surface area (Å²) < 4.78 is 16.6. The van der Waals surface area contributed by atoms with E-state index in [-0.39, 0.29) is 12.1 Å². The highest BCUT2D eigenvalue weighted by molar-refractivity contribution is 5.97. The molecule has 4 heteroatoms. The van der Waals surface area contributed by atoms with Gasteiger partial charge in [-0.3, -0.25) is 0 Å². The Morgan fingerprint density at radius 3 is 2.42 bits per heavy atom. The number of methoxy groups -OCH3 is 1. The molecule has 26 heavy (non-hydrogen) atoms. The zero-order valence-corrected chi connectivity index (χ0v) is 15.5. The highest BCUT2D eigenvalue weighted by Crippen LogP contribution is 2.35. The molecule has 1 aliphatic rings. The Morgan fingerprint density at radius 1 is 1.12 bits per heavy atom. The van der Waals surface area contributed by atoms with Gasteiger partial charge in [0, 0.05) is 18.4 Å². The Labute approximate surface area is 154 Å². The average molecular weight is 352 g/mol. The largest absolute Gasteiger partial charge is 0.497 e. The van der Waals surface area contributed by atoms with Crippen molar-refractivity contribution in [3.63, 3.8) is 0 Å². The summed E-state index contributed by atoms with van der Waals surface area (Å²) in [6.07, 6.45) is 1.23. The lowest BCUT2D eigenvalue weighted by atomic mass is 10.0. The number of benzene rings is 2. The van der Waals surface area contributed by atoms with Crippen LogP contribution in [0.1, 0.15) is 30.0 Å². The number of esters is 1. The van der Waals surface area contributed by atoms with Crippen LogP contribution in [0.5, 0.6) is 5.75 Å². The van der Waals surface area contributed by atoms with Crippen LogP contribution in [0.15, 0.2) is 54.1 Å². The van der Waals surface area contributed by atoms with Gasteiger partial charge in [0.2, 0.25) is 0 Å². The third-order valence-electron chi connectivity index (χ3n) is 4.45. The predicted octanol–water partition coefficient (Wildman–Crippen LogP) is 4.31. The Morgan fingerprint density at radius 2 is 1.81 bits per heavy atom. The summed E-state index contributed by atoms with van der Waals surface area (Å²) >= 11 is 0. The van der Waals surface area contributed by atoms with Crippen LogP contribution in [0, 0.1) is 6.92 Å². The minimum absolute atomic E-state index is 0.0748. The highest BCUT2D eigenvalue weighted by Gasteiger charge is 2.32. The molecule has 0 fully saturated rings. The lowest BCUT2D eigenvalue weighted by Gasteiger charge is -2.13. The maximum absolute atomic E-state index is 12.4. The molecule has 0 N–H and O–H groups in total. The lowest BCUT2D eigenvalue weighted by Crippen LogP contribution is -2.12. The molecular formula is C22H24O4. The first-order chi connectivity index (χ1) is 12.6. The van der Waals surface area contributed by atoms with Crippen molar-refractivity contribution in [1.29, 1.82) is 0 Å². The van der Waals surface area contributed by atoms with Gasteiger partial charge in [0.15, 0.2) is 0 Å². The molecule has 1 heterocycles. The molecule has 3 rings (SSSR count). The SMILES string of the molecule is CCOC(=O)C1=C(c2ccc(OC)cc2)OC(Cc2ccc(C)cc2)C1. The first-order valence-electron chi connectivity index (χ1n) is 8.87.